The molecule has 0 saturated heterocycles. The first-order valence-corrected chi connectivity index (χ1v) is 12.0. The summed E-state index contributed by atoms with van der Waals surface area (Å²) in [7, 11) is 1.49. The van der Waals surface area contributed by atoms with E-state index >= 15 is 0 Å². The van der Waals surface area contributed by atoms with E-state index in [1.807, 2.05) is 24.3 Å². The van der Waals surface area contributed by atoms with E-state index in [1.54, 1.807) is 22.6 Å². The van der Waals surface area contributed by atoms with Crippen molar-refractivity contribution in [2.24, 2.45) is 0 Å². The monoisotopic (exact) mass is 553 g/mol. The van der Waals surface area contributed by atoms with Crippen LogP contribution in [0.3, 0.4) is 0 Å². The molecule has 0 radical (unpaired) electrons. The van der Waals surface area contributed by atoms with Crippen molar-refractivity contribution in [1.82, 2.24) is 9.38 Å². The summed E-state index contributed by atoms with van der Waals surface area (Å²) in [6, 6.07) is 16.3. The number of imidazole rings is 1. The van der Waals surface area contributed by atoms with Crippen LogP contribution >= 0.6 is 27.3 Å². The number of nitrogens with zero attached hydrogens (tertiary/aromatic N) is 2. The highest BCUT2D eigenvalue weighted by Crippen LogP contribution is 2.34. The summed E-state index contributed by atoms with van der Waals surface area (Å²) >= 11 is 4.81. The highest BCUT2D eigenvalue weighted by molar-refractivity contribution is 9.10. The average Bonchev–Trinajstić information content (AvgIpc) is 3.36. The number of rotatable bonds is 6. The number of thiazole rings is 1. The number of anilines is 1. The molecule has 1 amide bonds. The van der Waals surface area contributed by atoms with Crippen molar-refractivity contribution in [3.05, 3.63) is 91.4 Å². The molecule has 2 heterocycles. The van der Waals surface area contributed by atoms with Crippen molar-refractivity contribution in [2.45, 2.75) is 0 Å². The van der Waals surface area contributed by atoms with Gasteiger partial charge in [-0.1, -0.05) is 39.4 Å². The van der Waals surface area contributed by atoms with E-state index in [4.69, 9.17) is 9.47 Å². The number of amides is 1. The van der Waals surface area contributed by atoms with Gasteiger partial charge in [0.05, 0.1) is 22.7 Å². The predicted molar refractivity (Wildman–Crippen MR) is 137 cm³/mol. The van der Waals surface area contributed by atoms with E-state index in [0.717, 1.165) is 11.0 Å². The Labute approximate surface area is 210 Å². The van der Waals surface area contributed by atoms with E-state index in [2.05, 4.69) is 26.2 Å². The molecule has 0 atom stereocenters. The molecular formula is C25H17BrFN3O4S. The van der Waals surface area contributed by atoms with E-state index in [0.29, 0.717) is 36.7 Å². The van der Waals surface area contributed by atoms with Gasteiger partial charge in [-0.2, -0.15) is 0 Å². The minimum Gasteiger partial charge on any atom is -0.493 e. The van der Waals surface area contributed by atoms with Crippen LogP contribution in [0.5, 0.6) is 11.5 Å². The molecule has 5 rings (SSSR count). The maximum Gasteiger partial charge on any atom is 0.274 e. The van der Waals surface area contributed by atoms with Gasteiger partial charge < -0.3 is 14.8 Å². The van der Waals surface area contributed by atoms with Gasteiger partial charge in [0.1, 0.15) is 5.82 Å². The number of fused-ring (bicyclic) bond motifs is 3. The van der Waals surface area contributed by atoms with E-state index in [-0.39, 0.29) is 18.0 Å². The molecule has 0 aliphatic carbocycles. The largest absolute Gasteiger partial charge is 0.493 e. The lowest BCUT2D eigenvalue weighted by Crippen LogP contribution is -2.22. The Hall–Kier alpha value is -3.76. The van der Waals surface area contributed by atoms with Crippen LogP contribution in [-0.4, -0.2) is 29.0 Å². The van der Waals surface area contributed by atoms with Crippen molar-refractivity contribution < 1.29 is 18.7 Å². The van der Waals surface area contributed by atoms with Crippen molar-refractivity contribution >= 4 is 60.9 Å². The summed E-state index contributed by atoms with van der Waals surface area (Å²) in [5.74, 6) is -0.0521. The van der Waals surface area contributed by atoms with Gasteiger partial charge in [-0.3, -0.25) is 9.59 Å². The number of aromatic nitrogens is 2. The van der Waals surface area contributed by atoms with E-state index in [1.165, 1.54) is 42.7 Å². The Morgan fingerprint density at radius 2 is 1.94 bits per heavy atom. The molecule has 2 aromatic heterocycles. The number of carbonyl (C=O) groups excluding carboxylic acids is 1. The van der Waals surface area contributed by atoms with Crippen molar-refractivity contribution in [2.75, 3.05) is 19.0 Å². The lowest BCUT2D eigenvalue weighted by Gasteiger charge is -2.13. The van der Waals surface area contributed by atoms with Gasteiger partial charge in [0.2, 0.25) is 0 Å². The second-order valence-corrected chi connectivity index (χ2v) is 9.37. The Morgan fingerprint density at radius 1 is 1.17 bits per heavy atom. The molecule has 0 unspecified atom stereocenters. The number of nitrogens with one attached hydrogen (secondary N) is 1. The third-order valence-corrected chi connectivity index (χ3v) is 6.86. The molecule has 35 heavy (non-hydrogen) atoms. The lowest BCUT2D eigenvalue weighted by atomic mass is 10.2. The molecule has 0 aliphatic heterocycles. The van der Waals surface area contributed by atoms with Crippen LogP contribution in [0.25, 0.3) is 22.1 Å². The summed E-state index contributed by atoms with van der Waals surface area (Å²) in [4.78, 5) is 30.4. The quantitative estimate of drug-likeness (QED) is 0.337. The fraction of sp³-hybridized carbons (Fsp3) is 0.0800. The summed E-state index contributed by atoms with van der Waals surface area (Å²) in [5.41, 5.74) is 2.55. The van der Waals surface area contributed by atoms with Crippen LogP contribution in [-0.2, 0) is 4.79 Å². The lowest BCUT2D eigenvalue weighted by molar-refractivity contribution is -0.118. The zero-order valence-corrected chi connectivity index (χ0v) is 20.7. The first-order valence-electron chi connectivity index (χ1n) is 10.4. The summed E-state index contributed by atoms with van der Waals surface area (Å²) < 4.78 is 26.9. The van der Waals surface area contributed by atoms with Gasteiger partial charge in [-0.15, -0.1) is 0 Å². The van der Waals surface area contributed by atoms with Crippen molar-refractivity contribution in [3.8, 4) is 11.5 Å². The Balaban J connectivity index is 1.40. The normalized spacial score (nSPS) is 11.8. The highest BCUT2D eigenvalue weighted by atomic mass is 79.9. The second-order valence-electron chi connectivity index (χ2n) is 7.50. The molecule has 3 aromatic carbocycles. The molecule has 7 nitrogen and oxygen atoms in total. The molecular weight excluding hydrogens is 537 g/mol. The van der Waals surface area contributed by atoms with Crippen LogP contribution in [0.1, 0.15) is 5.56 Å². The number of carbonyl (C=O) groups is 1. The first kappa shape index (κ1) is 23.0. The molecule has 0 spiro atoms. The maximum absolute atomic E-state index is 13.1. The van der Waals surface area contributed by atoms with Gasteiger partial charge in [0.25, 0.3) is 11.5 Å². The zero-order chi connectivity index (χ0) is 24.5. The number of methoxy groups -OCH3 is 1. The van der Waals surface area contributed by atoms with Gasteiger partial charge >= 0.3 is 0 Å². The third kappa shape index (κ3) is 4.62. The Morgan fingerprint density at radius 3 is 2.71 bits per heavy atom. The fourth-order valence-electron chi connectivity index (χ4n) is 3.56. The number of ether oxygens (including phenoxy) is 2. The fourth-order valence-corrected chi connectivity index (χ4v) is 4.98. The number of hydrogen-bond donors (Lipinski definition) is 1. The maximum atomic E-state index is 13.1. The van der Waals surface area contributed by atoms with E-state index in [9.17, 15) is 14.0 Å². The van der Waals surface area contributed by atoms with Gasteiger partial charge in [-0.05, 0) is 60.2 Å². The molecule has 5 aromatic rings. The van der Waals surface area contributed by atoms with Gasteiger partial charge in [-0.25, -0.2) is 13.8 Å². The Kier molecular flexibility index (Phi) is 6.23. The number of para-hydroxylation sites is 2. The standard InChI is InChI=1S/C25H17BrFN3O4S/c1-33-20-10-14(11-22-24(32)30-19-5-3-2-4-18(19)29-25(30)35-22)17(26)12-21(20)34-13-23(31)28-16-8-6-15(27)7-9-16/h2-12H,13H2,1H3,(H,28,31)/b22-11-. The number of hydrogen-bond acceptors (Lipinski definition) is 6. The molecule has 176 valence electrons. The van der Waals surface area contributed by atoms with Crippen LogP contribution in [0, 0.1) is 5.82 Å². The van der Waals surface area contributed by atoms with Gasteiger partial charge in [0.15, 0.2) is 23.1 Å². The number of benzene rings is 3. The molecule has 10 heteroatoms. The topological polar surface area (TPSA) is 81.9 Å². The SMILES string of the molecule is COc1cc(/C=c2\sc3nc4ccccc4n3c2=O)c(Br)cc1OCC(=O)Nc1ccc(F)cc1. The minimum absolute atomic E-state index is 0.151. The summed E-state index contributed by atoms with van der Waals surface area (Å²) in [5, 5.41) is 2.63. The van der Waals surface area contributed by atoms with Crippen LogP contribution in [0.4, 0.5) is 10.1 Å². The third-order valence-electron chi connectivity index (χ3n) is 5.20. The predicted octanol–water partition coefficient (Wildman–Crippen LogP) is 4.38. The average molecular weight is 554 g/mol. The molecule has 0 fully saturated rings. The molecule has 1 N–H and O–H groups in total. The molecule has 0 aliphatic rings. The molecule has 0 bridgehead atoms. The first-order chi connectivity index (χ1) is 16.9. The highest BCUT2D eigenvalue weighted by Gasteiger charge is 2.14. The minimum atomic E-state index is -0.407. The Bertz CT molecular complexity index is 1680. The van der Waals surface area contributed by atoms with Crippen molar-refractivity contribution in [3.63, 3.8) is 0 Å². The van der Waals surface area contributed by atoms with Gasteiger partial charge in [0, 0.05) is 10.2 Å². The summed E-state index contributed by atoms with van der Waals surface area (Å²) in [6.07, 6.45) is 1.76. The number of halogens is 2. The van der Waals surface area contributed by atoms with E-state index < -0.39 is 5.91 Å². The van der Waals surface area contributed by atoms with Crippen LogP contribution in [0.15, 0.2) is 69.9 Å². The summed E-state index contributed by atoms with van der Waals surface area (Å²) in [6.45, 7) is -0.275. The molecule has 0 saturated carbocycles. The van der Waals surface area contributed by atoms with Crippen LogP contribution < -0.4 is 24.9 Å². The smallest absolute Gasteiger partial charge is 0.274 e. The second kappa shape index (κ2) is 9.47. The zero-order valence-electron chi connectivity index (χ0n) is 18.2. The van der Waals surface area contributed by atoms with Crippen molar-refractivity contribution in [1.29, 1.82) is 0 Å². The van der Waals surface area contributed by atoms with Crippen LogP contribution in [0.2, 0.25) is 0 Å².